The van der Waals surface area contributed by atoms with Crippen LogP contribution in [-0.2, 0) is 0 Å². The van der Waals surface area contributed by atoms with E-state index in [1.54, 1.807) is 11.9 Å². The third kappa shape index (κ3) is 8.54. The van der Waals surface area contributed by atoms with Gasteiger partial charge in [-0.05, 0) is 41.1 Å². The van der Waals surface area contributed by atoms with E-state index in [0.29, 0.717) is 0 Å². The average molecular weight is 321 g/mol. The van der Waals surface area contributed by atoms with Gasteiger partial charge in [0, 0.05) is 6.20 Å². The molecule has 0 bridgehead atoms. The third-order valence-electron chi connectivity index (χ3n) is 1.84. The van der Waals surface area contributed by atoms with E-state index in [1.807, 2.05) is 23.8 Å². The quantitative estimate of drug-likeness (QED) is 0.448. The van der Waals surface area contributed by atoms with Gasteiger partial charge in [-0.2, -0.15) is 0 Å². The number of carbonyl (C=O) groups is 2. The Bertz CT molecular complexity index is 463. The second-order valence-electron chi connectivity index (χ2n) is 3.10. The van der Waals surface area contributed by atoms with Crippen LogP contribution in [-0.4, -0.2) is 22.5 Å². The molecule has 1 aromatic rings. The van der Waals surface area contributed by atoms with Crippen LogP contribution in [0.5, 0.6) is 0 Å². The van der Waals surface area contributed by atoms with E-state index >= 15 is 0 Å². The van der Waals surface area contributed by atoms with Gasteiger partial charge in [-0.1, -0.05) is 18.2 Å². The van der Waals surface area contributed by atoms with E-state index in [2.05, 4.69) is 4.72 Å². The number of hydrogen-bond donors (Lipinski definition) is 2. The van der Waals surface area contributed by atoms with Crippen LogP contribution in [0.25, 0.3) is 0 Å². The zero-order valence-corrected chi connectivity index (χ0v) is 14.6. The van der Waals surface area contributed by atoms with Crippen molar-refractivity contribution in [3.05, 3.63) is 59.2 Å². The summed E-state index contributed by atoms with van der Waals surface area (Å²) in [6, 6.07) is 5.00. The van der Waals surface area contributed by atoms with Crippen LogP contribution in [0.2, 0.25) is 0 Å². The summed E-state index contributed by atoms with van der Waals surface area (Å²) in [4.78, 5) is 20.6. The van der Waals surface area contributed by atoms with Gasteiger partial charge in [0.05, 0.1) is 11.5 Å². The molecule has 0 saturated carbocycles. The van der Waals surface area contributed by atoms with Crippen LogP contribution in [0.15, 0.2) is 48.0 Å². The molecule has 102 valence electrons. The molecule has 0 spiro atoms. The van der Waals surface area contributed by atoms with Crippen molar-refractivity contribution in [3.63, 3.8) is 0 Å². The summed E-state index contributed by atoms with van der Waals surface area (Å²) >= 11 is 1.58. The van der Waals surface area contributed by atoms with E-state index in [-0.39, 0.29) is 68.0 Å². The van der Waals surface area contributed by atoms with Gasteiger partial charge >= 0.3 is 57.4 Å². The number of carbonyl (C=O) groups excluding carboxylic acids is 1. The smallest absolute Gasteiger partial charge is 0.545 e. The molecule has 1 aliphatic rings. The van der Waals surface area contributed by atoms with E-state index < -0.39 is 11.9 Å². The normalized spacial score (nSPS) is 10.8. The second kappa shape index (κ2) is 12.2. The zero-order valence-electron chi connectivity index (χ0n) is 10.7. The Kier molecular flexibility index (Phi) is 13.2. The molecule has 20 heavy (non-hydrogen) atoms. The van der Waals surface area contributed by atoms with Crippen molar-refractivity contribution < 1.29 is 76.7 Å². The third-order valence-corrected chi connectivity index (χ3v) is 2.40. The summed E-state index contributed by atoms with van der Waals surface area (Å²) in [5.74, 6) is -2.53. The number of carboxylic acids is 2. The summed E-state index contributed by atoms with van der Waals surface area (Å²) < 4.78 is 2.93. The number of carboxylic acid groups (broad SMARTS) is 2. The summed E-state index contributed by atoms with van der Waals surface area (Å²) in [5, 5.41) is 20.7. The van der Waals surface area contributed by atoms with Gasteiger partial charge in [-0.3, -0.25) is 0 Å². The molecule has 0 saturated heterocycles. The molecule has 0 atom stereocenters. The molecule has 1 aliphatic heterocycles. The molecule has 0 unspecified atom stereocenters. The molecule has 2 rings (SSSR count). The van der Waals surface area contributed by atoms with Gasteiger partial charge in [0.25, 0.3) is 0 Å². The molecule has 0 fully saturated rings. The number of allylic oxidation sites excluding steroid dienone is 2. The SMILES string of the molecule is C1=CNSC=C1.O.O=C([O-])c1cccc(C(=O)O)c1.[K+]. The van der Waals surface area contributed by atoms with E-state index in [4.69, 9.17) is 5.11 Å². The average Bonchev–Trinajstić information content (AvgIpc) is 2.41. The fraction of sp³-hybridized carbons (Fsp3) is 0. The molecular weight excluding hydrogens is 309 g/mol. The molecule has 1 heterocycles. The Labute approximate surface area is 162 Å². The minimum Gasteiger partial charge on any atom is -0.545 e. The van der Waals surface area contributed by atoms with Crippen LogP contribution >= 0.6 is 11.9 Å². The molecule has 1 aromatic carbocycles. The minimum absolute atomic E-state index is 0. The first kappa shape index (κ1) is 21.7. The predicted octanol–water partition coefficient (Wildman–Crippen LogP) is -2.81. The molecule has 4 N–H and O–H groups in total. The number of benzene rings is 1. The predicted molar refractivity (Wildman–Crippen MR) is 70.4 cm³/mol. The van der Waals surface area contributed by atoms with Crippen molar-refractivity contribution in [1.29, 1.82) is 0 Å². The van der Waals surface area contributed by atoms with Crippen LogP contribution in [0.3, 0.4) is 0 Å². The van der Waals surface area contributed by atoms with E-state index in [1.165, 1.54) is 18.2 Å². The van der Waals surface area contributed by atoms with Gasteiger partial charge in [0.15, 0.2) is 0 Å². The first-order valence-electron chi connectivity index (χ1n) is 4.89. The zero-order chi connectivity index (χ0) is 13.4. The number of nitrogens with one attached hydrogen (secondary N) is 1. The summed E-state index contributed by atoms with van der Waals surface area (Å²) in [6.45, 7) is 0. The van der Waals surface area contributed by atoms with Crippen molar-refractivity contribution in [2.45, 2.75) is 0 Å². The van der Waals surface area contributed by atoms with Gasteiger partial charge < -0.3 is 25.2 Å². The molecule has 0 radical (unpaired) electrons. The molecular formula is C12H12KNO5S. The summed E-state index contributed by atoms with van der Waals surface area (Å²) in [7, 11) is 0. The van der Waals surface area contributed by atoms with E-state index in [0.717, 1.165) is 6.07 Å². The molecule has 0 aliphatic carbocycles. The minimum atomic E-state index is -1.38. The van der Waals surface area contributed by atoms with Gasteiger partial charge in [0.1, 0.15) is 0 Å². The Morgan fingerprint density at radius 1 is 1.20 bits per heavy atom. The topological polar surface area (TPSA) is 121 Å². The van der Waals surface area contributed by atoms with Crippen molar-refractivity contribution in [2.24, 2.45) is 0 Å². The number of hydrogen-bond acceptors (Lipinski definition) is 5. The van der Waals surface area contributed by atoms with Crippen LogP contribution in [0.4, 0.5) is 0 Å². The second-order valence-corrected chi connectivity index (χ2v) is 3.84. The van der Waals surface area contributed by atoms with Crippen LogP contribution in [0, 0.1) is 0 Å². The standard InChI is InChI=1S/C8H6O4.C4H5NS.K.H2O/c9-7(10)5-2-1-3-6(4-5)8(11)12;1-2-4-6-5-3-1;;/h1-4H,(H,9,10)(H,11,12);1-5H;;1H2/q;;+1;/p-1. The number of aromatic carboxylic acids is 2. The van der Waals surface area contributed by atoms with Crippen LogP contribution in [0.1, 0.15) is 20.7 Å². The first-order chi connectivity index (χ1) is 8.61. The Morgan fingerprint density at radius 3 is 2.20 bits per heavy atom. The summed E-state index contributed by atoms with van der Waals surface area (Å²) in [6.07, 6.45) is 5.84. The Balaban J connectivity index is 0. The monoisotopic (exact) mass is 321 g/mol. The molecule has 8 heteroatoms. The molecule has 0 amide bonds. The molecule has 6 nitrogen and oxygen atoms in total. The maximum Gasteiger partial charge on any atom is 1.00 e. The van der Waals surface area contributed by atoms with Gasteiger partial charge in [-0.15, -0.1) is 0 Å². The molecule has 0 aromatic heterocycles. The Morgan fingerprint density at radius 2 is 1.85 bits per heavy atom. The number of rotatable bonds is 2. The summed E-state index contributed by atoms with van der Waals surface area (Å²) in [5.41, 5.74) is -0.188. The maximum absolute atomic E-state index is 10.4. The van der Waals surface area contributed by atoms with Crippen molar-refractivity contribution in [2.75, 3.05) is 0 Å². The van der Waals surface area contributed by atoms with Crippen LogP contribution < -0.4 is 61.2 Å². The van der Waals surface area contributed by atoms with Gasteiger partial charge in [-0.25, -0.2) is 4.79 Å². The Hall–Kier alpha value is -0.614. The van der Waals surface area contributed by atoms with Crippen molar-refractivity contribution in [3.8, 4) is 0 Å². The fourth-order valence-electron chi connectivity index (χ4n) is 1.04. The fourth-order valence-corrected chi connectivity index (χ4v) is 1.44. The first-order valence-corrected chi connectivity index (χ1v) is 5.77. The maximum atomic E-state index is 10.4. The van der Waals surface area contributed by atoms with Crippen molar-refractivity contribution >= 4 is 23.9 Å². The van der Waals surface area contributed by atoms with Gasteiger partial charge in [0.2, 0.25) is 0 Å². The largest absolute Gasteiger partial charge is 1.00 e. The van der Waals surface area contributed by atoms with Crippen molar-refractivity contribution in [1.82, 2.24) is 4.72 Å². The van der Waals surface area contributed by atoms with E-state index in [9.17, 15) is 14.7 Å².